The Morgan fingerprint density at radius 2 is 1.71 bits per heavy atom. The molecule has 0 atom stereocenters. The topological polar surface area (TPSA) is 4.93 Å². The van der Waals surface area contributed by atoms with E-state index in [1.807, 2.05) is 0 Å². The Bertz CT molecular complexity index is 447. The molecule has 0 amide bonds. The lowest BCUT2D eigenvalue weighted by Gasteiger charge is -2.07. The lowest BCUT2D eigenvalue weighted by Crippen LogP contribution is -2.00. The minimum atomic E-state index is -0.552. The maximum Gasteiger partial charge on any atom is 0.153 e. The van der Waals surface area contributed by atoms with Gasteiger partial charge in [0, 0.05) is 12.4 Å². The Labute approximate surface area is 80.6 Å². The Kier molecular flexibility index (Phi) is 2.08. The highest BCUT2D eigenvalue weighted by Gasteiger charge is 2.11. The standard InChI is InChI=1S/C11H9F2N/c1-8-4-5-9(12)11(10(8)13)14-6-2-3-7-14/h2-7H,1H3. The smallest absolute Gasteiger partial charge is 0.153 e. The molecule has 0 aliphatic heterocycles. The van der Waals surface area contributed by atoms with Crippen LogP contribution in [0.1, 0.15) is 5.56 Å². The van der Waals surface area contributed by atoms with Crippen LogP contribution in [0, 0.1) is 18.6 Å². The van der Waals surface area contributed by atoms with E-state index in [1.165, 1.54) is 16.7 Å². The van der Waals surface area contributed by atoms with Crippen molar-refractivity contribution < 1.29 is 8.78 Å². The second-order valence-corrected chi connectivity index (χ2v) is 3.12. The van der Waals surface area contributed by atoms with Crippen LogP contribution in [0.15, 0.2) is 36.7 Å². The van der Waals surface area contributed by atoms with E-state index in [0.29, 0.717) is 5.56 Å². The van der Waals surface area contributed by atoms with Gasteiger partial charge in [-0.2, -0.15) is 0 Å². The van der Waals surface area contributed by atoms with Crippen LogP contribution in [0.5, 0.6) is 0 Å². The number of hydrogen-bond donors (Lipinski definition) is 0. The SMILES string of the molecule is Cc1ccc(F)c(-n2cccc2)c1F. The number of rotatable bonds is 1. The van der Waals surface area contributed by atoms with Crippen molar-refractivity contribution in [2.24, 2.45) is 0 Å². The Morgan fingerprint density at radius 3 is 2.36 bits per heavy atom. The summed E-state index contributed by atoms with van der Waals surface area (Å²) in [7, 11) is 0. The summed E-state index contributed by atoms with van der Waals surface area (Å²) in [6, 6.07) is 6.15. The summed E-state index contributed by atoms with van der Waals surface area (Å²) in [6.45, 7) is 1.61. The van der Waals surface area contributed by atoms with Crippen molar-refractivity contribution in [2.45, 2.75) is 6.92 Å². The molecule has 0 fully saturated rings. The molecule has 0 N–H and O–H groups in total. The molecule has 0 bridgehead atoms. The first-order valence-corrected chi connectivity index (χ1v) is 4.28. The molecule has 1 aromatic heterocycles. The number of hydrogen-bond acceptors (Lipinski definition) is 0. The third-order valence-corrected chi connectivity index (χ3v) is 2.12. The molecular weight excluding hydrogens is 184 g/mol. The van der Waals surface area contributed by atoms with Gasteiger partial charge in [-0.25, -0.2) is 8.78 Å². The molecule has 0 radical (unpaired) electrons. The summed E-state index contributed by atoms with van der Waals surface area (Å²) >= 11 is 0. The molecule has 0 aliphatic rings. The first-order chi connectivity index (χ1) is 6.70. The molecule has 72 valence electrons. The van der Waals surface area contributed by atoms with Crippen molar-refractivity contribution in [3.8, 4) is 5.69 Å². The van der Waals surface area contributed by atoms with Crippen LogP contribution in [0.4, 0.5) is 8.78 Å². The van der Waals surface area contributed by atoms with E-state index in [2.05, 4.69) is 0 Å². The predicted octanol–water partition coefficient (Wildman–Crippen LogP) is 3.06. The summed E-state index contributed by atoms with van der Waals surface area (Å²) in [4.78, 5) is 0. The molecule has 0 saturated heterocycles. The van der Waals surface area contributed by atoms with Gasteiger partial charge in [-0.15, -0.1) is 0 Å². The van der Waals surface area contributed by atoms with Gasteiger partial charge in [0.2, 0.25) is 0 Å². The second kappa shape index (κ2) is 3.25. The molecule has 1 aromatic carbocycles. The van der Waals surface area contributed by atoms with E-state index in [9.17, 15) is 8.78 Å². The third-order valence-electron chi connectivity index (χ3n) is 2.12. The van der Waals surface area contributed by atoms with E-state index in [0.717, 1.165) is 0 Å². The highest BCUT2D eigenvalue weighted by atomic mass is 19.1. The molecule has 0 saturated carbocycles. The van der Waals surface area contributed by atoms with E-state index in [1.54, 1.807) is 31.5 Å². The van der Waals surface area contributed by atoms with Crippen molar-refractivity contribution in [2.75, 3.05) is 0 Å². The van der Waals surface area contributed by atoms with Gasteiger partial charge in [0.05, 0.1) is 0 Å². The van der Waals surface area contributed by atoms with Crippen molar-refractivity contribution in [1.82, 2.24) is 4.57 Å². The Balaban J connectivity index is 2.69. The number of nitrogens with zero attached hydrogens (tertiary/aromatic N) is 1. The van der Waals surface area contributed by atoms with Gasteiger partial charge in [0.15, 0.2) is 5.82 Å². The molecular formula is C11H9F2N. The summed E-state index contributed by atoms with van der Waals surface area (Å²) in [5.41, 5.74) is 0.421. The van der Waals surface area contributed by atoms with Crippen LogP contribution >= 0.6 is 0 Å². The zero-order valence-corrected chi connectivity index (χ0v) is 7.67. The summed E-state index contributed by atoms with van der Waals surface area (Å²) in [5, 5.41) is 0. The molecule has 14 heavy (non-hydrogen) atoms. The molecule has 0 spiro atoms. The molecule has 1 heterocycles. The third kappa shape index (κ3) is 1.31. The number of halogens is 2. The Hall–Kier alpha value is -1.64. The zero-order valence-electron chi connectivity index (χ0n) is 7.67. The van der Waals surface area contributed by atoms with Gasteiger partial charge in [-0.3, -0.25) is 0 Å². The van der Waals surface area contributed by atoms with Crippen molar-refractivity contribution in [3.63, 3.8) is 0 Å². The quantitative estimate of drug-likeness (QED) is 0.656. The summed E-state index contributed by atoms with van der Waals surface area (Å²) in [5.74, 6) is -1.06. The minimum absolute atomic E-state index is 0.0185. The Morgan fingerprint density at radius 1 is 1.07 bits per heavy atom. The first kappa shape index (κ1) is 8.94. The monoisotopic (exact) mass is 193 g/mol. The molecule has 0 aliphatic carbocycles. The highest BCUT2D eigenvalue weighted by molar-refractivity contribution is 5.39. The number of aryl methyl sites for hydroxylation is 1. The molecule has 2 rings (SSSR count). The van der Waals surface area contributed by atoms with Gasteiger partial charge in [-0.05, 0) is 30.7 Å². The molecule has 0 unspecified atom stereocenters. The number of benzene rings is 1. The maximum atomic E-state index is 13.6. The fraction of sp³-hybridized carbons (Fsp3) is 0.0909. The van der Waals surface area contributed by atoms with Crippen LogP contribution in [0.25, 0.3) is 5.69 Å². The van der Waals surface area contributed by atoms with Crippen LogP contribution < -0.4 is 0 Å². The summed E-state index contributed by atoms with van der Waals surface area (Å²) in [6.07, 6.45) is 3.22. The normalized spacial score (nSPS) is 10.5. The van der Waals surface area contributed by atoms with Gasteiger partial charge in [-0.1, -0.05) is 6.07 Å². The zero-order chi connectivity index (χ0) is 10.1. The minimum Gasteiger partial charge on any atom is -0.319 e. The lowest BCUT2D eigenvalue weighted by molar-refractivity contribution is 0.564. The largest absolute Gasteiger partial charge is 0.319 e. The van der Waals surface area contributed by atoms with E-state index in [-0.39, 0.29) is 5.69 Å². The van der Waals surface area contributed by atoms with Gasteiger partial charge in [0.1, 0.15) is 11.5 Å². The van der Waals surface area contributed by atoms with E-state index >= 15 is 0 Å². The van der Waals surface area contributed by atoms with Crippen LogP contribution in [0.2, 0.25) is 0 Å². The van der Waals surface area contributed by atoms with Crippen LogP contribution in [-0.4, -0.2) is 4.57 Å². The van der Waals surface area contributed by atoms with Gasteiger partial charge >= 0.3 is 0 Å². The fourth-order valence-electron chi connectivity index (χ4n) is 1.36. The van der Waals surface area contributed by atoms with Crippen LogP contribution in [-0.2, 0) is 0 Å². The van der Waals surface area contributed by atoms with Crippen molar-refractivity contribution in [3.05, 3.63) is 53.9 Å². The molecule has 2 aromatic rings. The average Bonchev–Trinajstić information content (AvgIpc) is 2.65. The van der Waals surface area contributed by atoms with E-state index in [4.69, 9.17) is 0 Å². The van der Waals surface area contributed by atoms with Crippen molar-refractivity contribution >= 4 is 0 Å². The van der Waals surface area contributed by atoms with Crippen molar-refractivity contribution in [1.29, 1.82) is 0 Å². The average molecular weight is 193 g/mol. The molecule has 3 heteroatoms. The highest BCUT2D eigenvalue weighted by Crippen LogP contribution is 2.20. The summed E-state index contributed by atoms with van der Waals surface area (Å²) < 4.78 is 28.3. The second-order valence-electron chi connectivity index (χ2n) is 3.12. The lowest BCUT2D eigenvalue weighted by atomic mass is 10.2. The predicted molar refractivity (Wildman–Crippen MR) is 50.4 cm³/mol. The van der Waals surface area contributed by atoms with Gasteiger partial charge < -0.3 is 4.57 Å². The maximum absolute atomic E-state index is 13.6. The van der Waals surface area contributed by atoms with Crippen LogP contribution in [0.3, 0.4) is 0 Å². The van der Waals surface area contributed by atoms with Gasteiger partial charge in [0.25, 0.3) is 0 Å². The fourth-order valence-corrected chi connectivity index (χ4v) is 1.36. The number of aromatic nitrogens is 1. The first-order valence-electron chi connectivity index (χ1n) is 4.28. The molecule has 1 nitrogen and oxygen atoms in total. The van der Waals surface area contributed by atoms with E-state index < -0.39 is 11.6 Å².